The number of Topliss-reactive ketones (excluding diaryl/α,β-unsaturated/α-hetero) is 1. The molecule has 0 spiro atoms. The molecule has 2 aromatic rings. The van der Waals surface area contributed by atoms with Crippen molar-refractivity contribution in [3.8, 4) is 11.1 Å². The van der Waals surface area contributed by atoms with Crippen LogP contribution in [0.25, 0.3) is 11.1 Å². The molecule has 2 rings (SSSR count). The molecular formula is C17H17NO. The maximum absolute atomic E-state index is 11.9. The van der Waals surface area contributed by atoms with Crippen molar-refractivity contribution >= 4 is 5.78 Å². The average Bonchev–Trinajstić information content (AvgIpc) is 2.48. The summed E-state index contributed by atoms with van der Waals surface area (Å²) >= 11 is 0. The van der Waals surface area contributed by atoms with Gasteiger partial charge in [-0.1, -0.05) is 60.7 Å². The van der Waals surface area contributed by atoms with Crippen molar-refractivity contribution in [2.24, 2.45) is 0 Å². The zero-order valence-electron chi connectivity index (χ0n) is 10.8. The fourth-order valence-corrected chi connectivity index (χ4v) is 1.87. The number of rotatable bonds is 6. The summed E-state index contributed by atoms with van der Waals surface area (Å²) in [6.45, 7) is 4.59. The van der Waals surface area contributed by atoms with Crippen molar-refractivity contribution in [1.82, 2.24) is 5.32 Å². The number of ketones is 1. The number of carbonyl (C=O) groups excluding carboxylic acids is 1. The second-order valence-corrected chi connectivity index (χ2v) is 4.29. The Morgan fingerprint density at radius 1 is 1.00 bits per heavy atom. The van der Waals surface area contributed by atoms with E-state index < -0.39 is 0 Å². The smallest absolute Gasteiger partial charge is 0.176 e. The summed E-state index contributed by atoms with van der Waals surface area (Å²) in [5, 5.41) is 3.01. The van der Waals surface area contributed by atoms with Gasteiger partial charge < -0.3 is 5.32 Å². The van der Waals surface area contributed by atoms with Gasteiger partial charge in [0.1, 0.15) is 0 Å². The lowest BCUT2D eigenvalue weighted by atomic mass is 10.0. The quantitative estimate of drug-likeness (QED) is 0.485. The first kappa shape index (κ1) is 13.2. The van der Waals surface area contributed by atoms with E-state index in [0.29, 0.717) is 13.1 Å². The Morgan fingerprint density at radius 2 is 1.63 bits per heavy atom. The van der Waals surface area contributed by atoms with Gasteiger partial charge >= 0.3 is 0 Å². The van der Waals surface area contributed by atoms with Crippen LogP contribution >= 0.6 is 0 Å². The maximum atomic E-state index is 11.9. The number of hydrogen-bond donors (Lipinski definition) is 1. The summed E-state index contributed by atoms with van der Waals surface area (Å²) in [5.41, 5.74) is 3.01. The molecule has 0 amide bonds. The zero-order chi connectivity index (χ0) is 13.5. The highest BCUT2D eigenvalue weighted by Gasteiger charge is 2.05. The third-order valence-electron chi connectivity index (χ3n) is 2.89. The molecule has 2 aromatic carbocycles. The minimum Gasteiger partial charge on any atom is -0.306 e. The molecule has 0 aliphatic rings. The highest BCUT2D eigenvalue weighted by atomic mass is 16.1. The molecule has 0 saturated heterocycles. The van der Waals surface area contributed by atoms with E-state index in [0.717, 1.165) is 16.7 Å². The van der Waals surface area contributed by atoms with Crippen LogP contribution in [-0.4, -0.2) is 18.9 Å². The van der Waals surface area contributed by atoms with Crippen molar-refractivity contribution < 1.29 is 4.79 Å². The van der Waals surface area contributed by atoms with E-state index >= 15 is 0 Å². The molecule has 0 unspecified atom stereocenters. The lowest BCUT2D eigenvalue weighted by molar-refractivity contribution is 0.0992. The maximum Gasteiger partial charge on any atom is 0.176 e. The van der Waals surface area contributed by atoms with E-state index in [1.165, 1.54) is 0 Å². The highest BCUT2D eigenvalue weighted by molar-refractivity contribution is 5.98. The SMILES string of the molecule is C=CCNCC(=O)c1ccc(-c2ccccc2)cc1. The topological polar surface area (TPSA) is 29.1 Å². The Balaban J connectivity index is 2.06. The molecule has 0 aliphatic heterocycles. The van der Waals surface area contributed by atoms with E-state index in [9.17, 15) is 4.79 Å². The van der Waals surface area contributed by atoms with Crippen LogP contribution in [0.5, 0.6) is 0 Å². The van der Waals surface area contributed by atoms with Gasteiger partial charge in [-0.05, 0) is 11.1 Å². The first-order chi connectivity index (χ1) is 9.31. The van der Waals surface area contributed by atoms with Crippen molar-refractivity contribution in [2.75, 3.05) is 13.1 Å². The van der Waals surface area contributed by atoms with Gasteiger partial charge in [0.05, 0.1) is 6.54 Å². The first-order valence-corrected chi connectivity index (χ1v) is 6.31. The highest BCUT2D eigenvalue weighted by Crippen LogP contribution is 2.19. The van der Waals surface area contributed by atoms with Gasteiger partial charge in [0.2, 0.25) is 0 Å². The van der Waals surface area contributed by atoms with Gasteiger partial charge in [-0.3, -0.25) is 4.79 Å². The Labute approximate surface area is 113 Å². The molecule has 0 heterocycles. The third-order valence-corrected chi connectivity index (χ3v) is 2.89. The third kappa shape index (κ3) is 3.63. The Bertz CT molecular complexity index is 543. The molecule has 0 fully saturated rings. The predicted octanol–water partition coefficient (Wildman–Crippen LogP) is 3.31. The van der Waals surface area contributed by atoms with E-state index in [1.54, 1.807) is 6.08 Å². The first-order valence-electron chi connectivity index (χ1n) is 6.31. The molecule has 0 saturated carbocycles. The lowest BCUT2D eigenvalue weighted by Crippen LogP contribution is -2.22. The van der Waals surface area contributed by atoms with Crippen LogP contribution in [0.15, 0.2) is 67.3 Å². The standard InChI is InChI=1S/C17H17NO/c1-2-12-18-13-17(19)16-10-8-15(9-11-16)14-6-4-3-5-7-14/h2-11,18H,1,12-13H2. The monoisotopic (exact) mass is 251 g/mol. The lowest BCUT2D eigenvalue weighted by Gasteiger charge is -2.04. The number of nitrogens with one attached hydrogen (secondary N) is 1. The normalized spacial score (nSPS) is 10.1. The Kier molecular flexibility index (Phi) is 4.65. The minimum absolute atomic E-state index is 0.0986. The van der Waals surface area contributed by atoms with Gasteiger partial charge in [-0.25, -0.2) is 0 Å². The summed E-state index contributed by atoms with van der Waals surface area (Å²) in [5.74, 6) is 0.0986. The fourth-order valence-electron chi connectivity index (χ4n) is 1.87. The second-order valence-electron chi connectivity index (χ2n) is 4.29. The van der Waals surface area contributed by atoms with E-state index in [1.807, 2.05) is 42.5 Å². The number of hydrogen-bond acceptors (Lipinski definition) is 2. The number of carbonyl (C=O) groups is 1. The molecule has 0 aromatic heterocycles. The van der Waals surface area contributed by atoms with Crippen LogP contribution in [0.4, 0.5) is 0 Å². The van der Waals surface area contributed by atoms with Crippen molar-refractivity contribution in [3.63, 3.8) is 0 Å². The molecule has 2 heteroatoms. The summed E-state index contributed by atoms with van der Waals surface area (Å²) < 4.78 is 0. The second kappa shape index (κ2) is 6.66. The zero-order valence-corrected chi connectivity index (χ0v) is 10.8. The van der Waals surface area contributed by atoms with E-state index in [-0.39, 0.29) is 5.78 Å². The molecule has 19 heavy (non-hydrogen) atoms. The van der Waals surface area contributed by atoms with Crippen LogP contribution in [-0.2, 0) is 0 Å². The van der Waals surface area contributed by atoms with Crippen molar-refractivity contribution in [3.05, 3.63) is 72.8 Å². The summed E-state index contributed by atoms with van der Waals surface area (Å²) in [7, 11) is 0. The Morgan fingerprint density at radius 3 is 2.26 bits per heavy atom. The Hall–Kier alpha value is -2.19. The van der Waals surface area contributed by atoms with Crippen molar-refractivity contribution in [1.29, 1.82) is 0 Å². The molecule has 0 bridgehead atoms. The van der Waals surface area contributed by atoms with Gasteiger partial charge in [-0.2, -0.15) is 0 Å². The van der Waals surface area contributed by atoms with Crippen LogP contribution in [0.2, 0.25) is 0 Å². The number of benzene rings is 2. The molecule has 0 radical (unpaired) electrons. The van der Waals surface area contributed by atoms with Crippen LogP contribution in [0.1, 0.15) is 10.4 Å². The molecule has 0 atom stereocenters. The fraction of sp³-hybridized carbons (Fsp3) is 0.118. The molecular weight excluding hydrogens is 234 g/mol. The van der Waals surface area contributed by atoms with Gasteiger partial charge in [0, 0.05) is 12.1 Å². The van der Waals surface area contributed by atoms with Crippen LogP contribution in [0.3, 0.4) is 0 Å². The molecule has 0 aliphatic carbocycles. The minimum atomic E-state index is 0.0986. The van der Waals surface area contributed by atoms with Gasteiger partial charge in [-0.15, -0.1) is 6.58 Å². The molecule has 2 nitrogen and oxygen atoms in total. The van der Waals surface area contributed by atoms with Crippen LogP contribution < -0.4 is 5.32 Å². The van der Waals surface area contributed by atoms with Gasteiger partial charge in [0.25, 0.3) is 0 Å². The summed E-state index contributed by atoms with van der Waals surface area (Å²) in [4.78, 5) is 11.9. The summed E-state index contributed by atoms with van der Waals surface area (Å²) in [6.07, 6.45) is 1.74. The average molecular weight is 251 g/mol. The van der Waals surface area contributed by atoms with Crippen LogP contribution in [0, 0.1) is 0 Å². The van der Waals surface area contributed by atoms with E-state index in [4.69, 9.17) is 0 Å². The molecule has 1 N–H and O–H groups in total. The molecule has 96 valence electrons. The largest absolute Gasteiger partial charge is 0.306 e. The van der Waals surface area contributed by atoms with Crippen molar-refractivity contribution in [2.45, 2.75) is 0 Å². The van der Waals surface area contributed by atoms with Gasteiger partial charge in [0.15, 0.2) is 5.78 Å². The summed E-state index contributed by atoms with van der Waals surface area (Å²) in [6, 6.07) is 17.8. The van der Waals surface area contributed by atoms with E-state index in [2.05, 4.69) is 24.0 Å². The predicted molar refractivity (Wildman–Crippen MR) is 79.3 cm³/mol.